The molecule has 0 saturated carbocycles. The number of aromatic amines is 2. The van der Waals surface area contributed by atoms with Gasteiger partial charge in [0.1, 0.15) is 17.1 Å². The van der Waals surface area contributed by atoms with E-state index in [9.17, 15) is 14.7 Å². The molecule has 2 heterocycles. The fraction of sp³-hybridized carbons (Fsp3) is 0.125. The molecule has 9 heteroatoms. The van der Waals surface area contributed by atoms with Crippen molar-refractivity contribution in [3.63, 3.8) is 0 Å². The Morgan fingerprint density at radius 2 is 2.08 bits per heavy atom. The molecule has 1 aromatic carbocycles. The molecule has 0 amide bonds. The molecule has 0 unspecified atom stereocenters. The summed E-state index contributed by atoms with van der Waals surface area (Å²) in [5.41, 5.74) is 2.68. The van der Waals surface area contributed by atoms with Crippen molar-refractivity contribution in [3.05, 3.63) is 56.2 Å². The fourth-order valence-corrected chi connectivity index (χ4v) is 2.33. The van der Waals surface area contributed by atoms with Gasteiger partial charge in [0.2, 0.25) is 5.88 Å². The number of H-pyrrole nitrogens is 2. The number of hydrogen-bond donors (Lipinski definition) is 4. The Balaban J connectivity index is 1.91. The van der Waals surface area contributed by atoms with Gasteiger partial charge in [0, 0.05) is 11.5 Å². The summed E-state index contributed by atoms with van der Waals surface area (Å²) < 4.78 is 5.19. The maximum atomic E-state index is 11.6. The SMILES string of the molecule is COc1ccc2c(C)cc(N/N=C/c3c(O)[nH]c(=O)[nH]c3=O)nc2c1. The molecule has 0 aliphatic carbocycles. The lowest BCUT2D eigenvalue weighted by Crippen LogP contribution is -2.25. The van der Waals surface area contributed by atoms with Gasteiger partial charge in [0.05, 0.1) is 18.8 Å². The summed E-state index contributed by atoms with van der Waals surface area (Å²) in [5, 5.41) is 14.4. The molecule has 0 fully saturated rings. The lowest BCUT2D eigenvalue weighted by Gasteiger charge is -2.07. The molecule has 0 bridgehead atoms. The molecule has 0 aliphatic rings. The second-order valence-corrected chi connectivity index (χ2v) is 5.25. The van der Waals surface area contributed by atoms with Gasteiger partial charge in [-0.3, -0.25) is 20.2 Å². The van der Waals surface area contributed by atoms with Crippen molar-refractivity contribution < 1.29 is 9.84 Å². The third kappa shape index (κ3) is 3.34. The number of nitrogens with one attached hydrogen (secondary N) is 3. The molecule has 25 heavy (non-hydrogen) atoms. The Morgan fingerprint density at radius 1 is 1.28 bits per heavy atom. The third-order valence-electron chi connectivity index (χ3n) is 3.56. The number of aromatic nitrogens is 3. The number of ether oxygens (including phenoxy) is 1. The Kier molecular flexibility index (Phi) is 4.21. The van der Waals surface area contributed by atoms with Gasteiger partial charge in [-0.2, -0.15) is 5.10 Å². The molecule has 4 N–H and O–H groups in total. The summed E-state index contributed by atoms with van der Waals surface area (Å²) in [5.74, 6) is 0.575. The van der Waals surface area contributed by atoms with E-state index in [1.54, 1.807) is 19.2 Å². The number of fused-ring (bicyclic) bond motifs is 1. The predicted molar refractivity (Wildman–Crippen MR) is 93.6 cm³/mol. The van der Waals surface area contributed by atoms with E-state index in [0.29, 0.717) is 11.6 Å². The minimum absolute atomic E-state index is 0.175. The van der Waals surface area contributed by atoms with Crippen LogP contribution in [0.2, 0.25) is 0 Å². The molecule has 9 nitrogen and oxygen atoms in total. The van der Waals surface area contributed by atoms with Crippen molar-refractivity contribution in [2.45, 2.75) is 6.92 Å². The number of aromatic hydroxyl groups is 1. The topological polar surface area (TPSA) is 132 Å². The number of anilines is 1. The molecule has 3 rings (SSSR count). The van der Waals surface area contributed by atoms with Crippen molar-refractivity contribution >= 4 is 22.9 Å². The quantitative estimate of drug-likeness (QED) is 0.415. The van der Waals surface area contributed by atoms with Crippen LogP contribution in [0, 0.1) is 6.92 Å². The van der Waals surface area contributed by atoms with Gasteiger partial charge in [-0.15, -0.1) is 0 Å². The smallest absolute Gasteiger partial charge is 0.328 e. The Labute approximate surface area is 141 Å². The monoisotopic (exact) mass is 341 g/mol. The molecular weight excluding hydrogens is 326 g/mol. The van der Waals surface area contributed by atoms with E-state index in [0.717, 1.165) is 22.7 Å². The second-order valence-electron chi connectivity index (χ2n) is 5.25. The second kappa shape index (κ2) is 6.48. The zero-order valence-electron chi connectivity index (χ0n) is 13.5. The number of hydrogen-bond acceptors (Lipinski definition) is 7. The molecule has 0 atom stereocenters. The first-order chi connectivity index (χ1) is 12.0. The van der Waals surface area contributed by atoms with Crippen LogP contribution in [0.5, 0.6) is 11.6 Å². The zero-order chi connectivity index (χ0) is 18.0. The average Bonchev–Trinajstić information content (AvgIpc) is 2.56. The summed E-state index contributed by atoms with van der Waals surface area (Å²) in [6, 6.07) is 7.37. The van der Waals surface area contributed by atoms with Crippen LogP contribution in [0.1, 0.15) is 11.1 Å². The Morgan fingerprint density at radius 3 is 2.80 bits per heavy atom. The van der Waals surface area contributed by atoms with E-state index < -0.39 is 17.1 Å². The number of hydrazone groups is 1. The van der Waals surface area contributed by atoms with Gasteiger partial charge in [-0.1, -0.05) is 0 Å². The Hall–Kier alpha value is -3.62. The van der Waals surface area contributed by atoms with Crippen LogP contribution in [0.25, 0.3) is 10.9 Å². The van der Waals surface area contributed by atoms with Crippen LogP contribution < -0.4 is 21.4 Å². The van der Waals surface area contributed by atoms with Crippen LogP contribution in [-0.4, -0.2) is 33.4 Å². The van der Waals surface area contributed by atoms with Crippen molar-refractivity contribution in [1.29, 1.82) is 0 Å². The van der Waals surface area contributed by atoms with Gasteiger partial charge in [0.15, 0.2) is 0 Å². The van der Waals surface area contributed by atoms with Crippen LogP contribution in [-0.2, 0) is 0 Å². The highest BCUT2D eigenvalue weighted by molar-refractivity contribution is 5.85. The summed E-state index contributed by atoms with van der Waals surface area (Å²) in [4.78, 5) is 31.1. The van der Waals surface area contributed by atoms with E-state index in [1.807, 2.05) is 24.0 Å². The Bertz CT molecular complexity index is 1080. The number of pyridine rings is 1. The number of aryl methyl sites for hydroxylation is 1. The van der Waals surface area contributed by atoms with Gasteiger partial charge >= 0.3 is 5.69 Å². The predicted octanol–water partition coefficient (Wildman–Crippen LogP) is 1.08. The first-order valence-corrected chi connectivity index (χ1v) is 7.28. The van der Waals surface area contributed by atoms with Crippen molar-refractivity contribution in [2.24, 2.45) is 5.10 Å². The maximum Gasteiger partial charge on any atom is 0.328 e. The number of nitrogens with zero attached hydrogens (tertiary/aromatic N) is 2. The highest BCUT2D eigenvalue weighted by Crippen LogP contribution is 2.24. The molecule has 128 valence electrons. The van der Waals surface area contributed by atoms with Crippen LogP contribution >= 0.6 is 0 Å². The van der Waals surface area contributed by atoms with E-state index in [-0.39, 0.29) is 5.56 Å². The maximum absolute atomic E-state index is 11.6. The minimum Gasteiger partial charge on any atom is -0.497 e. The standard InChI is InChI=1S/C16H15N5O4/c1-8-5-13(18-12-6-9(25-2)3-4-10(8)12)21-17-7-11-14(22)19-16(24)20-15(11)23/h3-7H,1-2H3,(H,18,21)(H3,19,20,22,23,24)/b17-7+. The molecule has 0 saturated heterocycles. The summed E-state index contributed by atoms with van der Waals surface area (Å²) >= 11 is 0. The van der Waals surface area contributed by atoms with E-state index in [4.69, 9.17) is 4.74 Å². The molecule has 2 aromatic heterocycles. The van der Waals surface area contributed by atoms with Crippen molar-refractivity contribution in [2.75, 3.05) is 12.5 Å². The lowest BCUT2D eigenvalue weighted by atomic mass is 10.1. The van der Waals surface area contributed by atoms with E-state index in [2.05, 4.69) is 20.5 Å². The minimum atomic E-state index is -0.798. The van der Waals surface area contributed by atoms with Gasteiger partial charge in [-0.25, -0.2) is 9.78 Å². The number of methoxy groups -OCH3 is 1. The highest BCUT2D eigenvalue weighted by atomic mass is 16.5. The van der Waals surface area contributed by atoms with Gasteiger partial charge < -0.3 is 9.84 Å². The lowest BCUT2D eigenvalue weighted by molar-refractivity contribution is 0.415. The van der Waals surface area contributed by atoms with Crippen LogP contribution in [0.15, 0.2) is 39.0 Å². The molecule has 0 aliphatic heterocycles. The first kappa shape index (κ1) is 16.2. The average molecular weight is 341 g/mol. The normalized spacial score (nSPS) is 11.1. The molecule has 0 radical (unpaired) electrons. The third-order valence-corrected chi connectivity index (χ3v) is 3.56. The summed E-state index contributed by atoms with van der Waals surface area (Å²) in [6.07, 6.45) is 1.09. The number of rotatable bonds is 4. The molecular formula is C16H15N5O4. The molecule has 3 aromatic rings. The van der Waals surface area contributed by atoms with Crippen LogP contribution in [0.3, 0.4) is 0 Å². The van der Waals surface area contributed by atoms with Crippen molar-refractivity contribution in [1.82, 2.24) is 15.0 Å². The largest absolute Gasteiger partial charge is 0.497 e. The van der Waals surface area contributed by atoms with Gasteiger partial charge in [-0.05, 0) is 30.7 Å². The number of benzene rings is 1. The first-order valence-electron chi connectivity index (χ1n) is 7.28. The fourth-order valence-electron chi connectivity index (χ4n) is 2.33. The van der Waals surface area contributed by atoms with E-state index >= 15 is 0 Å². The zero-order valence-corrected chi connectivity index (χ0v) is 13.5. The summed E-state index contributed by atoms with van der Waals surface area (Å²) in [7, 11) is 1.58. The summed E-state index contributed by atoms with van der Waals surface area (Å²) in [6.45, 7) is 1.93. The highest BCUT2D eigenvalue weighted by Gasteiger charge is 2.06. The van der Waals surface area contributed by atoms with Crippen LogP contribution in [0.4, 0.5) is 5.82 Å². The van der Waals surface area contributed by atoms with Gasteiger partial charge in [0.25, 0.3) is 5.56 Å². The van der Waals surface area contributed by atoms with E-state index in [1.165, 1.54) is 0 Å². The van der Waals surface area contributed by atoms with Crippen molar-refractivity contribution in [3.8, 4) is 11.6 Å². The molecule has 0 spiro atoms.